The molecule has 0 aliphatic heterocycles. The Balaban J connectivity index is 1.18. The standard InChI is InChI=1S/C75H54N6O/c1-42-16-27-62-52(34-42)51-12-8-10-14-61(51)78(62)50-25-23-49(24-26-50)70-59(41-76)72(79-63-28-17-43(2)35-53(63)54-36-44(3)18-29-64(54)79)71(75-77-60-13-9-11-15-69(60)82-75)74(81-67-32-21-47(6)39-57(67)58-40-48(7)22-33-68(58)81)73(70)80-65-30-19-45(4)37-55(65)56-38-46(5)20-31-66(56)80/h8-40H,1-7H3. The van der Waals surface area contributed by atoms with Gasteiger partial charge in [-0.15, -0.1) is 0 Å². The molecule has 11 aromatic carbocycles. The molecule has 7 nitrogen and oxygen atoms in total. The van der Waals surface area contributed by atoms with Gasteiger partial charge in [0, 0.05) is 54.3 Å². The van der Waals surface area contributed by atoms with Gasteiger partial charge in [0.2, 0.25) is 5.89 Å². The molecule has 0 amide bonds. The van der Waals surface area contributed by atoms with E-state index in [0.717, 1.165) is 144 Å². The largest absolute Gasteiger partial charge is 0.436 e. The minimum Gasteiger partial charge on any atom is -0.436 e. The molecule has 0 atom stereocenters. The van der Waals surface area contributed by atoms with Gasteiger partial charge in [-0.3, -0.25) is 0 Å². The fraction of sp³-hybridized carbons (Fsp3) is 0.0933. The molecule has 0 spiro atoms. The highest BCUT2D eigenvalue weighted by Crippen LogP contribution is 2.53. The summed E-state index contributed by atoms with van der Waals surface area (Å²) in [6.45, 7) is 15.1. The van der Waals surface area contributed by atoms with Crippen molar-refractivity contribution in [3.05, 3.63) is 245 Å². The Hall–Kier alpha value is -10.4. The molecule has 0 fully saturated rings. The molecule has 0 radical (unpaired) electrons. The lowest BCUT2D eigenvalue weighted by Gasteiger charge is -2.27. The zero-order valence-electron chi connectivity index (χ0n) is 46.6. The second-order valence-corrected chi connectivity index (χ2v) is 22.8. The lowest BCUT2D eigenvalue weighted by Crippen LogP contribution is -2.14. The fourth-order valence-electron chi connectivity index (χ4n) is 13.6. The SMILES string of the molecule is Cc1ccc2c(c1)c1ccccc1n2-c1ccc(-c2c(C#N)c(-n3c4ccc(C)cc4c4cc(C)ccc43)c(-c3nc4ccccc4o3)c(-n3c4ccc(C)cc4c4cc(C)ccc43)c2-n2c3ccc(C)cc3c3cc(C)ccc32)cc1. The number of nitriles is 1. The van der Waals surface area contributed by atoms with E-state index in [-0.39, 0.29) is 0 Å². The third-order valence-corrected chi connectivity index (χ3v) is 17.2. The lowest BCUT2D eigenvalue weighted by molar-refractivity contribution is 0.619. The summed E-state index contributed by atoms with van der Waals surface area (Å²) in [6.07, 6.45) is 0. The molecule has 0 saturated heterocycles. The Labute approximate surface area is 473 Å². The summed E-state index contributed by atoms with van der Waals surface area (Å²) in [4.78, 5) is 5.53. The predicted molar refractivity (Wildman–Crippen MR) is 340 cm³/mol. The molecule has 7 heteroatoms. The van der Waals surface area contributed by atoms with Crippen LogP contribution >= 0.6 is 0 Å². The molecule has 0 unspecified atom stereocenters. The van der Waals surface area contributed by atoms with Crippen molar-refractivity contribution in [2.24, 2.45) is 0 Å². The zero-order valence-corrected chi connectivity index (χ0v) is 46.6. The Morgan fingerprint density at radius 1 is 0.341 bits per heavy atom. The number of benzene rings is 11. The van der Waals surface area contributed by atoms with Crippen LogP contribution < -0.4 is 0 Å². The van der Waals surface area contributed by atoms with E-state index in [0.29, 0.717) is 28.3 Å². The molecule has 5 aromatic heterocycles. The van der Waals surface area contributed by atoms with Crippen molar-refractivity contribution >= 4 is 98.3 Å². The smallest absolute Gasteiger partial charge is 0.231 e. The van der Waals surface area contributed by atoms with Crippen LogP contribution in [0.15, 0.2) is 205 Å². The first kappa shape index (κ1) is 47.6. The minimum absolute atomic E-state index is 0.406. The molecule has 390 valence electrons. The Morgan fingerprint density at radius 2 is 0.695 bits per heavy atom. The van der Waals surface area contributed by atoms with Crippen molar-refractivity contribution in [3.63, 3.8) is 0 Å². The maximum absolute atomic E-state index is 12.8. The Bertz CT molecular complexity index is 5280. The van der Waals surface area contributed by atoms with Crippen molar-refractivity contribution in [2.75, 3.05) is 0 Å². The Kier molecular flexibility index (Phi) is 10.2. The minimum atomic E-state index is 0.406. The number of nitrogens with zero attached hydrogens (tertiary/aromatic N) is 6. The van der Waals surface area contributed by atoms with Crippen LogP contribution in [0.2, 0.25) is 0 Å². The number of hydrogen-bond acceptors (Lipinski definition) is 3. The highest BCUT2D eigenvalue weighted by Gasteiger charge is 2.36. The molecule has 0 aliphatic carbocycles. The summed E-state index contributed by atoms with van der Waals surface area (Å²) in [5.41, 5.74) is 24.0. The average molecular weight is 1060 g/mol. The molecule has 5 heterocycles. The van der Waals surface area contributed by atoms with Crippen LogP contribution in [-0.4, -0.2) is 23.3 Å². The zero-order chi connectivity index (χ0) is 55.4. The van der Waals surface area contributed by atoms with E-state index in [2.05, 4.69) is 249 Å². The molecule has 0 N–H and O–H groups in total. The first-order valence-corrected chi connectivity index (χ1v) is 28.2. The van der Waals surface area contributed by atoms with E-state index in [1.165, 1.54) is 16.3 Å². The van der Waals surface area contributed by atoms with Crippen LogP contribution in [0.3, 0.4) is 0 Å². The van der Waals surface area contributed by atoms with Gasteiger partial charge in [0.1, 0.15) is 11.6 Å². The van der Waals surface area contributed by atoms with Crippen LogP contribution in [0, 0.1) is 59.8 Å². The highest BCUT2D eigenvalue weighted by molar-refractivity contribution is 6.17. The predicted octanol–water partition coefficient (Wildman–Crippen LogP) is 19.6. The van der Waals surface area contributed by atoms with Gasteiger partial charge < -0.3 is 22.7 Å². The van der Waals surface area contributed by atoms with Crippen molar-refractivity contribution in [2.45, 2.75) is 48.5 Å². The lowest BCUT2D eigenvalue weighted by atomic mass is 9.90. The monoisotopic (exact) mass is 1050 g/mol. The number of rotatable bonds is 6. The molecule has 0 saturated carbocycles. The van der Waals surface area contributed by atoms with E-state index < -0.39 is 0 Å². The van der Waals surface area contributed by atoms with Crippen LogP contribution in [-0.2, 0) is 0 Å². The van der Waals surface area contributed by atoms with Gasteiger partial charge in [0.05, 0.1) is 72.3 Å². The fourth-order valence-corrected chi connectivity index (χ4v) is 13.6. The summed E-state index contributed by atoms with van der Waals surface area (Å²) in [5, 5.41) is 21.9. The number of aryl methyl sites for hydroxylation is 7. The maximum atomic E-state index is 12.8. The van der Waals surface area contributed by atoms with Crippen LogP contribution in [0.25, 0.3) is 144 Å². The number of aromatic nitrogens is 5. The second-order valence-electron chi connectivity index (χ2n) is 22.8. The molecular weight excluding hydrogens is 1000 g/mol. The second kappa shape index (κ2) is 17.5. The summed E-state index contributed by atoms with van der Waals surface area (Å²) < 4.78 is 16.8. The number of oxazole rings is 1. The van der Waals surface area contributed by atoms with Gasteiger partial charge >= 0.3 is 0 Å². The van der Waals surface area contributed by atoms with Crippen molar-refractivity contribution in [1.82, 2.24) is 23.3 Å². The number of fused-ring (bicyclic) bond motifs is 13. The molecule has 16 aromatic rings. The van der Waals surface area contributed by atoms with E-state index in [9.17, 15) is 5.26 Å². The van der Waals surface area contributed by atoms with Crippen LogP contribution in [0.5, 0.6) is 0 Å². The molecule has 0 bridgehead atoms. The van der Waals surface area contributed by atoms with E-state index in [1.807, 2.05) is 24.3 Å². The van der Waals surface area contributed by atoms with Gasteiger partial charge in [-0.2, -0.15) is 5.26 Å². The average Bonchev–Trinajstić information content (AvgIpc) is 1.71. The van der Waals surface area contributed by atoms with E-state index in [4.69, 9.17) is 9.40 Å². The Morgan fingerprint density at radius 3 is 1.12 bits per heavy atom. The third-order valence-electron chi connectivity index (χ3n) is 17.2. The van der Waals surface area contributed by atoms with Gasteiger partial charge in [0.15, 0.2) is 5.58 Å². The van der Waals surface area contributed by atoms with E-state index in [1.54, 1.807) is 0 Å². The number of hydrogen-bond donors (Lipinski definition) is 0. The molecular formula is C75H54N6O. The van der Waals surface area contributed by atoms with Gasteiger partial charge in [-0.25, -0.2) is 4.98 Å². The highest BCUT2D eigenvalue weighted by atomic mass is 16.3. The molecule has 16 rings (SSSR count). The summed E-state index contributed by atoms with van der Waals surface area (Å²) in [6, 6.07) is 75.9. The first-order chi connectivity index (χ1) is 40.0. The number of para-hydroxylation sites is 3. The quantitative estimate of drug-likeness (QED) is 0.167. The van der Waals surface area contributed by atoms with E-state index >= 15 is 0 Å². The maximum Gasteiger partial charge on any atom is 0.231 e. The van der Waals surface area contributed by atoms with Crippen molar-refractivity contribution < 1.29 is 4.42 Å². The summed E-state index contributed by atoms with van der Waals surface area (Å²) in [5.74, 6) is 0.406. The summed E-state index contributed by atoms with van der Waals surface area (Å²) in [7, 11) is 0. The normalized spacial score (nSPS) is 12.1. The first-order valence-electron chi connectivity index (χ1n) is 28.2. The third kappa shape index (κ3) is 6.85. The van der Waals surface area contributed by atoms with Gasteiger partial charge in [-0.05, 0) is 169 Å². The van der Waals surface area contributed by atoms with Crippen molar-refractivity contribution in [3.8, 4) is 51.4 Å². The van der Waals surface area contributed by atoms with Crippen LogP contribution in [0.1, 0.15) is 44.5 Å². The molecule has 0 aliphatic rings. The van der Waals surface area contributed by atoms with Crippen molar-refractivity contribution in [1.29, 1.82) is 5.26 Å². The van der Waals surface area contributed by atoms with Gasteiger partial charge in [-0.1, -0.05) is 124 Å². The van der Waals surface area contributed by atoms with Crippen LogP contribution in [0.4, 0.5) is 0 Å². The summed E-state index contributed by atoms with van der Waals surface area (Å²) >= 11 is 0. The molecule has 82 heavy (non-hydrogen) atoms. The topological polar surface area (TPSA) is 69.5 Å². The van der Waals surface area contributed by atoms with Gasteiger partial charge in [0.25, 0.3) is 0 Å².